The van der Waals surface area contributed by atoms with Gasteiger partial charge in [-0.25, -0.2) is 4.79 Å². The van der Waals surface area contributed by atoms with Crippen LogP contribution in [-0.2, 0) is 18.3 Å². The number of nitrogens with zero attached hydrogens (tertiary/aromatic N) is 4. The molecule has 1 aliphatic heterocycles. The van der Waals surface area contributed by atoms with Crippen LogP contribution < -0.4 is 5.32 Å². The van der Waals surface area contributed by atoms with E-state index in [1.807, 2.05) is 32.7 Å². The van der Waals surface area contributed by atoms with Gasteiger partial charge >= 0.3 is 6.09 Å². The largest absolute Gasteiger partial charge is 0.444 e. The number of aryl methyl sites for hydroxylation is 1. The molecule has 1 aromatic heterocycles. The van der Waals surface area contributed by atoms with Gasteiger partial charge in [-0.3, -0.25) is 4.68 Å². The number of nitrogens with one attached hydrogen (secondary N) is 1. The minimum absolute atomic E-state index is 0.195. The average Bonchev–Trinajstić information content (AvgIpc) is 2.83. The van der Waals surface area contributed by atoms with Crippen molar-refractivity contribution in [1.82, 2.24) is 25.2 Å². The molecule has 124 valence electrons. The molecule has 7 nitrogen and oxygen atoms in total. The Labute approximate surface area is 132 Å². The van der Waals surface area contributed by atoms with Crippen molar-refractivity contribution in [2.24, 2.45) is 13.0 Å². The van der Waals surface area contributed by atoms with Gasteiger partial charge in [-0.15, -0.1) is 5.10 Å². The molecular weight excluding hydrogens is 282 g/mol. The molecule has 1 aromatic rings. The van der Waals surface area contributed by atoms with Crippen LogP contribution in [0.15, 0.2) is 6.20 Å². The minimum atomic E-state index is -0.424. The van der Waals surface area contributed by atoms with Crippen molar-refractivity contribution in [2.75, 3.05) is 19.6 Å². The zero-order chi connectivity index (χ0) is 16.2. The van der Waals surface area contributed by atoms with Crippen molar-refractivity contribution in [3.05, 3.63) is 11.9 Å². The smallest absolute Gasteiger partial charge is 0.410 e. The van der Waals surface area contributed by atoms with Gasteiger partial charge in [0.25, 0.3) is 0 Å². The van der Waals surface area contributed by atoms with Gasteiger partial charge in [-0.2, -0.15) is 0 Å². The number of aromatic nitrogens is 3. The first-order valence-electron chi connectivity index (χ1n) is 7.87. The Hall–Kier alpha value is -1.63. The van der Waals surface area contributed by atoms with Crippen molar-refractivity contribution in [3.63, 3.8) is 0 Å². The van der Waals surface area contributed by atoms with Gasteiger partial charge in [0.05, 0.1) is 11.9 Å². The zero-order valence-corrected chi connectivity index (χ0v) is 14.0. The topological polar surface area (TPSA) is 72.3 Å². The molecule has 0 bridgehead atoms. The summed E-state index contributed by atoms with van der Waals surface area (Å²) < 4.78 is 7.19. The Balaban J connectivity index is 1.67. The fourth-order valence-electron chi connectivity index (χ4n) is 2.52. The number of rotatable bonds is 4. The van der Waals surface area contributed by atoms with Crippen LogP contribution in [-0.4, -0.2) is 51.2 Å². The molecule has 0 atom stereocenters. The zero-order valence-electron chi connectivity index (χ0n) is 14.0. The highest BCUT2D eigenvalue weighted by Gasteiger charge is 2.26. The first-order chi connectivity index (χ1) is 10.3. The lowest BCUT2D eigenvalue weighted by atomic mass is 9.97. The number of carbonyl (C=O) groups is 1. The molecule has 7 heteroatoms. The van der Waals surface area contributed by atoms with E-state index in [-0.39, 0.29) is 6.09 Å². The molecule has 1 aliphatic rings. The summed E-state index contributed by atoms with van der Waals surface area (Å²) in [6.07, 6.45) is 3.60. The summed E-state index contributed by atoms with van der Waals surface area (Å²) in [6.45, 7) is 8.96. The lowest BCUT2D eigenvalue weighted by molar-refractivity contribution is 0.0184. The number of piperidine rings is 1. The van der Waals surface area contributed by atoms with Crippen LogP contribution in [0.5, 0.6) is 0 Å². The third-order valence-electron chi connectivity index (χ3n) is 3.81. The first kappa shape index (κ1) is 16.7. The van der Waals surface area contributed by atoms with Crippen molar-refractivity contribution >= 4 is 6.09 Å². The highest BCUT2D eigenvalue weighted by atomic mass is 16.6. The summed E-state index contributed by atoms with van der Waals surface area (Å²) in [6, 6.07) is 0. The maximum absolute atomic E-state index is 12.0. The predicted octanol–water partition coefficient (Wildman–Crippen LogP) is 1.55. The second kappa shape index (κ2) is 7.09. The van der Waals surface area contributed by atoms with E-state index in [2.05, 4.69) is 15.6 Å². The molecule has 1 N–H and O–H groups in total. The SMILES string of the molecule is Cn1nncc1CNCC1CCN(C(=O)OC(C)(C)C)CC1. The van der Waals surface area contributed by atoms with Crippen LogP contribution in [0, 0.1) is 5.92 Å². The second-order valence-electron chi connectivity index (χ2n) is 6.89. The van der Waals surface area contributed by atoms with Crippen LogP contribution in [0.3, 0.4) is 0 Å². The highest BCUT2D eigenvalue weighted by Crippen LogP contribution is 2.19. The van der Waals surface area contributed by atoms with Crippen molar-refractivity contribution in [1.29, 1.82) is 0 Å². The number of hydrogen-bond donors (Lipinski definition) is 1. The van der Waals surface area contributed by atoms with Crippen molar-refractivity contribution < 1.29 is 9.53 Å². The molecule has 1 amide bonds. The molecule has 0 radical (unpaired) electrons. The molecular formula is C15H27N5O2. The molecule has 2 heterocycles. The molecule has 2 rings (SSSR count). The number of ether oxygens (including phenoxy) is 1. The summed E-state index contributed by atoms with van der Waals surface area (Å²) >= 11 is 0. The normalized spacial score (nSPS) is 16.8. The third kappa shape index (κ3) is 4.98. The molecule has 0 spiro atoms. The second-order valence-corrected chi connectivity index (χ2v) is 6.89. The number of amides is 1. The van der Waals surface area contributed by atoms with Crippen molar-refractivity contribution in [2.45, 2.75) is 45.8 Å². The van der Waals surface area contributed by atoms with Gasteiger partial charge in [0.1, 0.15) is 5.60 Å². The molecule has 22 heavy (non-hydrogen) atoms. The van der Waals surface area contributed by atoms with Gasteiger partial charge in [-0.1, -0.05) is 5.21 Å². The summed E-state index contributed by atoms with van der Waals surface area (Å²) in [7, 11) is 1.89. The lowest BCUT2D eigenvalue weighted by Gasteiger charge is -2.33. The van der Waals surface area contributed by atoms with E-state index in [1.54, 1.807) is 10.9 Å². The first-order valence-corrected chi connectivity index (χ1v) is 7.87. The van der Waals surface area contributed by atoms with Gasteiger partial charge in [-0.05, 0) is 46.1 Å². The van der Waals surface area contributed by atoms with E-state index in [9.17, 15) is 4.79 Å². The Bertz CT molecular complexity index is 486. The Morgan fingerprint density at radius 3 is 2.64 bits per heavy atom. The highest BCUT2D eigenvalue weighted by molar-refractivity contribution is 5.68. The molecule has 0 aromatic carbocycles. The van der Waals surface area contributed by atoms with Crippen LogP contribution in [0.4, 0.5) is 4.79 Å². The summed E-state index contributed by atoms with van der Waals surface area (Å²) in [5.74, 6) is 0.597. The average molecular weight is 309 g/mol. The van der Waals surface area contributed by atoms with Crippen LogP contribution in [0.1, 0.15) is 39.3 Å². The predicted molar refractivity (Wildman–Crippen MR) is 83.2 cm³/mol. The van der Waals surface area contributed by atoms with E-state index in [0.717, 1.165) is 44.7 Å². The van der Waals surface area contributed by atoms with Crippen LogP contribution in [0.2, 0.25) is 0 Å². The quantitative estimate of drug-likeness (QED) is 0.913. The fourth-order valence-corrected chi connectivity index (χ4v) is 2.52. The van der Waals surface area contributed by atoms with Gasteiger partial charge in [0.15, 0.2) is 0 Å². The van der Waals surface area contributed by atoms with Gasteiger partial charge in [0.2, 0.25) is 0 Å². The molecule has 0 aliphatic carbocycles. The molecule has 1 fully saturated rings. The third-order valence-corrected chi connectivity index (χ3v) is 3.81. The van der Waals surface area contributed by atoms with Gasteiger partial charge in [0, 0.05) is 26.7 Å². The number of hydrogen-bond acceptors (Lipinski definition) is 5. The van der Waals surface area contributed by atoms with E-state index in [4.69, 9.17) is 4.74 Å². The Kier molecular flexibility index (Phi) is 5.39. The maximum atomic E-state index is 12.0. The monoisotopic (exact) mass is 309 g/mol. The summed E-state index contributed by atoms with van der Waals surface area (Å²) in [5.41, 5.74) is 0.651. The molecule has 0 saturated carbocycles. The van der Waals surface area contributed by atoms with E-state index in [0.29, 0.717) is 5.92 Å². The summed E-state index contributed by atoms with van der Waals surface area (Å²) in [5, 5.41) is 11.2. The number of likely N-dealkylation sites (tertiary alicyclic amines) is 1. The van der Waals surface area contributed by atoms with E-state index in [1.165, 1.54) is 0 Å². The fraction of sp³-hybridized carbons (Fsp3) is 0.800. The summed E-state index contributed by atoms with van der Waals surface area (Å²) in [4.78, 5) is 13.8. The van der Waals surface area contributed by atoms with E-state index < -0.39 is 5.60 Å². The minimum Gasteiger partial charge on any atom is -0.444 e. The number of carbonyl (C=O) groups excluding carboxylic acids is 1. The van der Waals surface area contributed by atoms with Crippen LogP contribution in [0.25, 0.3) is 0 Å². The molecule has 0 unspecified atom stereocenters. The van der Waals surface area contributed by atoms with Crippen LogP contribution >= 0.6 is 0 Å². The Morgan fingerprint density at radius 1 is 1.41 bits per heavy atom. The molecule has 1 saturated heterocycles. The maximum Gasteiger partial charge on any atom is 0.410 e. The van der Waals surface area contributed by atoms with E-state index >= 15 is 0 Å². The lowest BCUT2D eigenvalue weighted by Crippen LogP contribution is -2.43. The van der Waals surface area contributed by atoms with Crippen molar-refractivity contribution in [3.8, 4) is 0 Å². The van der Waals surface area contributed by atoms with Gasteiger partial charge < -0.3 is 15.0 Å². The Morgan fingerprint density at radius 2 is 2.09 bits per heavy atom. The standard InChI is InChI=1S/C15H27N5O2/c1-15(2,3)22-14(21)20-7-5-12(6-8-20)9-16-10-13-11-17-18-19(13)4/h11-12,16H,5-10H2,1-4H3.